The highest BCUT2D eigenvalue weighted by Gasteiger charge is 2.25. The summed E-state index contributed by atoms with van der Waals surface area (Å²) in [5.41, 5.74) is 1.86. The zero-order chi connectivity index (χ0) is 10.1. The third-order valence-electron chi connectivity index (χ3n) is 2.41. The molecule has 0 fully saturated rings. The number of carboxylic acids is 1. The van der Waals surface area contributed by atoms with Crippen molar-refractivity contribution in [3.8, 4) is 0 Å². The molecule has 1 unspecified atom stereocenters. The van der Waals surface area contributed by atoms with Crippen LogP contribution in [0.4, 0.5) is 0 Å². The minimum atomic E-state index is -0.840. The van der Waals surface area contributed by atoms with Gasteiger partial charge in [0.05, 0.1) is 0 Å². The van der Waals surface area contributed by atoms with Gasteiger partial charge in [-0.3, -0.25) is 4.79 Å². The molecule has 1 heterocycles. The van der Waals surface area contributed by atoms with Crippen LogP contribution in [0.2, 0.25) is 5.02 Å². The number of hydrogen-bond donors (Lipinski definition) is 2. The lowest BCUT2D eigenvalue weighted by molar-refractivity contribution is -0.139. The van der Waals surface area contributed by atoms with Crippen LogP contribution in [0.3, 0.4) is 0 Å². The lowest BCUT2D eigenvalue weighted by Crippen LogP contribution is -2.34. The molecule has 3 nitrogen and oxygen atoms in total. The number of rotatable bonds is 1. The van der Waals surface area contributed by atoms with Gasteiger partial charge in [0.15, 0.2) is 0 Å². The second-order valence-corrected chi connectivity index (χ2v) is 3.75. The van der Waals surface area contributed by atoms with Crippen molar-refractivity contribution < 1.29 is 9.90 Å². The number of hydrogen-bond acceptors (Lipinski definition) is 2. The molecule has 0 saturated carbocycles. The zero-order valence-electron chi connectivity index (χ0n) is 7.87. The Morgan fingerprint density at radius 1 is 1.53 bits per heavy atom. The van der Waals surface area contributed by atoms with E-state index in [1.807, 2.05) is 6.07 Å². The van der Waals surface area contributed by atoms with Gasteiger partial charge < -0.3 is 10.4 Å². The fourth-order valence-corrected chi connectivity index (χ4v) is 1.95. The fourth-order valence-electron chi connectivity index (χ4n) is 1.75. The molecule has 1 atom stereocenters. The van der Waals surface area contributed by atoms with Crippen molar-refractivity contribution in [1.29, 1.82) is 0 Å². The molecule has 0 spiro atoms. The van der Waals surface area contributed by atoms with E-state index in [0.717, 1.165) is 17.5 Å². The standard InChI is InChI=1S/C10H10ClNO2.ClH/c11-7-1-2-8-6(5-7)3-4-12-9(8)10(13)14;/h1-2,5,9,12H,3-4H2,(H,13,14);1H. The Kier molecular flexibility index (Phi) is 3.97. The van der Waals surface area contributed by atoms with Crippen LogP contribution < -0.4 is 5.32 Å². The predicted octanol–water partition coefficient (Wildman–Crippen LogP) is 2.03. The molecule has 1 aliphatic rings. The average Bonchev–Trinajstić information content (AvgIpc) is 2.16. The second kappa shape index (κ2) is 4.84. The van der Waals surface area contributed by atoms with Gasteiger partial charge in [0, 0.05) is 11.6 Å². The monoisotopic (exact) mass is 247 g/mol. The number of nitrogens with one attached hydrogen (secondary N) is 1. The SMILES string of the molecule is Cl.O=C(O)C1NCCc2cc(Cl)ccc21. The smallest absolute Gasteiger partial charge is 0.325 e. The molecule has 15 heavy (non-hydrogen) atoms. The molecule has 0 aliphatic carbocycles. The van der Waals surface area contributed by atoms with Gasteiger partial charge in [0.2, 0.25) is 0 Å². The first kappa shape index (κ1) is 12.3. The first-order valence-electron chi connectivity index (χ1n) is 4.43. The van der Waals surface area contributed by atoms with E-state index in [-0.39, 0.29) is 12.4 Å². The normalized spacial score (nSPS) is 18.9. The maximum Gasteiger partial charge on any atom is 0.325 e. The Labute approximate surface area is 98.8 Å². The summed E-state index contributed by atoms with van der Waals surface area (Å²) >= 11 is 5.84. The van der Waals surface area contributed by atoms with Crippen LogP contribution in [0.5, 0.6) is 0 Å². The molecule has 0 radical (unpaired) electrons. The van der Waals surface area contributed by atoms with Crippen LogP contribution in [0.15, 0.2) is 18.2 Å². The first-order chi connectivity index (χ1) is 6.68. The van der Waals surface area contributed by atoms with Gasteiger partial charge in [-0.15, -0.1) is 12.4 Å². The predicted molar refractivity (Wildman–Crippen MR) is 60.8 cm³/mol. The summed E-state index contributed by atoms with van der Waals surface area (Å²) in [4.78, 5) is 10.9. The van der Waals surface area contributed by atoms with E-state index in [9.17, 15) is 4.79 Å². The van der Waals surface area contributed by atoms with Gasteiger partial charge in [0.1, 0.15) is 6.04 Å². The van der Waals surface area contributed by atoms with Gasteiger partial charge in [-0.2, -0.15) is 0 Å². The molecule has 2 rings (SSSR count). The van der Waals surface area contributed by atoms with E-state index in [0.29, 0.717) is 11.6 Å². The number of carbonyl (C=O) groups is 1. The van der Waals surface area contributed by atoms with E-state index >= 15 is 0 Å². The summed E-state index contributed by atoms with van der Waals surface area (Å²) < 4.78 is 0. The quantitative estimate of drug-likeness (QED) is 0.799. The van der Waals surface area contributed by atoms with Crippen LogP contribution in [0, 0.1) is 0 Å². The molecular weight excluding hydrogens is 237 g/mol. The third kappa shape index (κ3) is 2.43. The molecule has 0 bridgehead atoms. The van der Waals surface area contributed by atoms with Crippen molar-refractivity contribution in [3.05, 3.63) is 34.3 Å². The number of benzene rings is 1. The van der Waals surface area contributed by atoms with E-state index in [4.69, 9.17) is 16.7 Å². The van der Waals surface area contributed by atoms with Gasteiger partial charge in [-0.25, -0.2) is 0 Å². The molecule has 1 aromatic rings. The van der Waals surface area contributed by atoms with E-state index in [1.54, 1.807) is 12.1 Å². The molecule has 0 saturated heterocycles. The van der Waals surface area contributed by atoms with Crippen LogP contribution >= 0.6 is 24.0 Å². The summed E-state index contributed by atoms with van der Waals surface area (Å²) in [5.74, 6) is -0.840. The average molecular weight is 248 g/mol. The lowest BCUT2D eigenvalue weighted by Gasteiger charge is -2.23. The third-order valence-corrected chi connectivity index (χ3v) is 2.64. The summed E-state index contributed by atoms with van der Waals surface area (Å²) in [7, 11) is 0. The van der Waals surface area contributed by atoms with E-state index in [1.165, 1.54) is 0 Å². The van der Waals surface area contributed by atoms with Crippen molar-refractivity contribution in [2.45, 2.75) is 12.5 Å². The largest absolute Gasteiger partial charge is 0.480 e. The first-order valence-corrected chi connectivity index (χ1v) is 4.81. The molecule has 0 aromatic heterocycles. The van der Waals surface area contributed by atoms with E-state index in [2.05, 4.69) is 5.32 Å². The molecule has 5 heteroatoms. The van der Waals surface area contributed by atoms with Crippen molar-refractivity contribution in [1.82, 2.24) is 5.32 Å². The molecule has 0 amide bonds. The molecule has 1 aliphatic heterocycles. The van der Waals surface area contributed by atoms with Gasteiger partial charge in [0.25, 0.3) is 0 Å². The van der Waals surface area contributed by atoms with Gasteiger partial charge >= 0.3 is 5.97 Å². The highest BCUT2D eigenvalue weighted by molar-refractivity contribution is 6.30. The molecule has 82 valence electrons. The maximum absolute atomic E-state index is 10.9. The van der Waals surface area contributed by atoms with Gasteiger partial charge in [-0.05, 0) is 29.7 Å². The zero-order valence-corrected chi connectivity index (χ0v) is 9.44. The number of halogens is 2. The van der Waals surface area contributed by atoms with Crippen molar-refractivity contribution in [2.75, 3.05) is 6.54 Å². The molecular formula is C10H11Cl2NO2. The van der Waals surface area contributed by atoms with Crippen LogP contribution in [0.25, 0.3) is 0 Å². The molecule has 1 aromatic carbocycles. The van der Waals surface area contributed by atoms with Crippen molar-refractivity contribution in [3.63, 3.8) is 0 Å². The summed E-state index contributed by atoms with van der Waals surface area (Å²) in [6.45, 7) is 0.685. The van der Waals surface area contributed by atoms with Crippen LogP contribution in [-0.4, -0.2) is 17.6 Å². The Bertz CT molecular complexity index is 382. The minimum absolute atomic E-state index is 0. The van der Waals surface area contributed by atoms with Crippen LogP contribution in [-0.2, 0) is 11.2 Å². The topological polar surface area (TPSA) is 49.3 Å². The Hall–Kier alpha value is -0.770. The highest BCUT2D eigenvalue weighted by atomic mass is 35.5. The summed E-state index contributed by atoms with van der Waals surface area (Å²) in [5, 5.41) is 12.6. The maximum atomic E-state index is 10.9. The fraction of sp³-hybridized carbons (Fsp3) is 0.300. The van der Waals surface area contributed by atoms with Crippen LogP contribution in [0.1, 0.15) is 17.2 Å². The minimum Gasteiger partial charge on any atom is -0.480 e. The second-order valence-electron chi connectivity index (χ2n) is 3.32. The number of carboxylic acid groups (broad SMARTS) is 1. The highest BCUT2D eigenvalue weighted by Crippen LogP contribution is 2.25. The van der Waals surface area contributed by atoms with Crippen molar-refractivity contribution in [2.24, 2.45) is 0 Å². The lowest BCUT2D eigenvalue weighted by atomic mass is 9.94. The Morgan fingerprint density at radius 3 is 2.93 bits per heavy atom. The van der Waals surface area contributed by atoms with E-state index < -0.39 is 12.0 Å². The Morgan fingerprint density at radius 2 is 2.27 bits per heavy atom. The Balaban J connectivity index is 0.00000112. The van der Waals surface area contributed by atoms with Gasteiger partial charge in [-0.1, -0.05) is 17.7 Å². The van der Waals surface area contributed by atoms with Crippen molar-refractivity contribution >= 4 is 30.0 Å². The number of aliphatic carboxylic acids is 1. The summed E-state index contributed by atoms with van der Waals surface area (Å²) in [6, 6.07) is 4.76. The number of fused-ring (bicyclic) bond motifs is 1. The summed E-state index contributed by atoms with van der Waals surface area (Å²) in [6.07, 6.45) is 0.833. The molecule has 2 N–H and O–H groups in total.